The monoisotopic (exact) mass is 544 g/mol. The standard InChI is InChI=1S/C24H22F6N4O4/c1-13(15-5-7-16(8-6-15)22(36)37)31-20(35)18-19(23(25,26)27)32-34-10-9-33(21(18)34)12-14-3-2-4-17(11-14)38-24(28,29)30/h2-8,11,13,20,31,35H,9-10,12H2,1H3,(H,36,37)/t13-,20?/m0/s1. The molecule has 38 heavy (non-hydrogen) atoms. The summed E-state index contributed by atoms with van der Waals surface area (Å²) < 4.78 is 84.5. The summed E-state index contributed by atoms with van der Waals surface area (Å²) in [6.45, 7) is 1.79. The van der Waals surface area contributed by atoms with Gasteiger partial charge in [0, 0.05) is 19.1 Å². The number of ether oxygens (including phenoxy) is 1. The number of benzene rings is 2. The maximum Gasteiger partial charge on any atom is 0.573 e. The first kappa shape index (κ1) is 27.3. The van der Waals surface area contributed by atoms with Gasteiger partial charge in [0.1, 0.15) is 17.8 Å². The Morgan fingerprint density at radius 1 is 1.11 bits per heavy atom. The molecule has 1 aromatic heterocycles. The molecule has 1 unspecified atom stereocenters. The Morgan fingerprint density at radius 3 is 2.39 bits per heavy atom. The van der Waals surface area contributed by atoms with Crippen LogP contribution in [0.3, 0.4) is 0 Å². The van der Waals surface area contributed by atoms with Crippen molar-refractivity contribution in [1.29, 1.82) is 0 Å². The number of carbonyl (C=O) groups is 1. The number of anilines is 1. The molecule has 0 aliphatic carbocycles. The molecule has 8 nitrogen and oxygen atoms in total. The minimum absolute atomic E-state index is 0.0205. The average molecular weight is 544 g/mol. The molecule has 2 aromatic carbocycles. The summed E-state index contributed by atoms with van der Waals surface area (Å²) in [5.41, 5.74) is -0.929. The summed E-state index contributed by atoms with van der Waals surface area (Å²) in [7, 11) is 0. The van der Waals surface area contributed by atoms with E-state index in [1.165, 1.54) is 41.3 Å². The van der Waals surface area contributed by atoms with Gasteiger partial charge in [-0.3, -0.25) is 5.32 Å². The number of alkyl halides is 6. The van der Waals surface area contributed by atoms with Crippen molar-refractivity contribution in [2.75, 3.05) is 11.4 Å². The highest BCUT2D eigenvalue weighted by Crippen LogP contribution is 2.41. The predicted molar refractivity (Wildman–Crippen MR) is 121 cm³/mol. The zero-order valence-electron chi connectivity index (χ0n) is 19.7. The molecule has 0 saturated carbocycles. The third-order valence-electron chi connectivity index (χ3n) is 5.96. The van der Waals surface area contributed by atoms with E-state index in [9.17, 15) is 36.2 Å². The molecule has 0 spiro atoms. The van der Waals surface area contributed by atoms with Crippen LogP contribution in [0.5, 0.6) is 5.75 Å². The fourth-order valence-electron chi connectivity index (χ4n) is 4.28. The van der Waals surface area contributed by atoms with Crippen LogP contribution in [-0.2, 0) is 19.3 Å². The lowest BCUT2D eigenvalue weighted by Crippen LogP contribution is -2.29. The van der Waals surface area contributed by atoms with Gasteiger partial charge >= 0.3 is 18.5 Å². The largest absolute Gasteiger partial charge is 0.573 e. The highest BCUT2D eigenvalue weighted by Gasteiger charge is 2.44. The number of aromatic nitrogens is 2. The van der Waals surface area contributed by atoms with E-state index >= 15 is 0 Å². The lowest BCUT2D eigenvalue weighted by atomic mass is 10.0. The number of aromatic carboxylic acids is 1. The van der Waals surface area contributed by atoms with E-state index in [-0.39, 0.29) is 31.0 Å². The lowest BCUT2D eigenvalue weighted by Gasteiger charge is -2.25. The number of aliphatic hydroxyl groups is 1. The van der Waals surface area contributed by atoms with Crippen LogP contribution in [0, 0.1) is 0 Å². The normalized spacial score (nSPS) is 15.3. The van der Waals surface area contributed by atoms with Crippen LogP contribution in [-0.4, -0.2) is 38.9 Å². The molecule has 3 N–H and O–H groups in total. The highest BCUT2D eigenvalue weighted by atomic mass is 19.4. The van der Waals surface area contributed by atoms with Gasteiger partial charge in [-0.2, -0.15) is 18.3 Å². The molecule has 0 fully saturated rings. The number of hydrogen-bond acceptors (Lipinski definition) is 6. The molecule has 2 heterocycles. The number of rotatable bonds is 8. The van der Waals surface area contributed by atoms with E-state index < -0.39 is 47.8 Å². The Hall–Kier alpha value is -3.78. The summed E-state index contributed by atoms with van der Waals surface area (Å²) in [5, 5.41) is 26.3. The van der Waals surface area contributed by atoms with E-state index in [0.717, 1.165) is 16.8 Å². The van der Waals surface area contributed by atoms with Gasteiger partial charge in [-0.15, -0.1) is 13.2 Å². The number of carboxylic acids is 1. The maximum atomic E-state index is 13.9. The van der Waals surface area contributed by atoms with Gasteiger partial charge in [0.05, 0.1) is 17.7 Å². The van der Waals surface area contributed by atoms with Crippen molar-refractivity contribution in [3.8, 4) is 5.75 Å². The van der Waals surface area contributed by atoms with Gasteiger partial charge in [0.15, 0.2) is 5.69 Å². The second-order valence-electron chi connectivity index (χ2n) is 8.64. The number of halogens is 6. The van der Waals surface area contributed by atoms with E-state index in [0.29, 0.717) is 11.1 Å². The van der Waals surface area contributed by atoms with Gasteiger partial charge in [-0.1, -0.05) is 24.3 Å². The van der Waals surface area contributed by atoms with Crippen molar-refractivity contribution in [2.45, 2.75) is 44.8 Å². The van der Waals surface area contributed by atoms with Crippen LogP contribution in [0.4, 0.5) is 32.2 Å². The van der Waals surface area contributed by atoms with Crippen molar-refractivity contribution in [3.05, 3.63) is 76.5 Å². The smallest absolute Gasteiger partial charge is 0.478 e. The van der Waals surface area contributed by atoms with Crippen molar-refractivity contribution in [2.24, 2.45) is 0 Å². The third kappa shape index (κ3) is 6.02. The summed E-state index contributed by atoms with van der Waals surface area (Å²) in [4.78, 5) is 12.6. The number of fused-ring (bicyclic) bond motifs is 1. The van der Waals surface area contributed by atoms with Gasteiger partial charge in [-0.05, 0) is 42.3 Å². The Labute approximate surface area is 212 Å². The number of nitrogens with zero attached hydrogens (tertiary/aromatic N) is 3. The molecular formula is C24H22F6N4O4. The molecular weight excluding hydrogens is 522 g/mol. The number of carboxylic acid groups (broad SMARTS) is 1. The van der Waals surface area contributed by atoms with Crippen LogP contribution in [0.1, 0.15) is 51.9 Å². The van der Waals surface area contributed by atoms with E-state index in [4.69, 9.17) is 5.11 Å². The summed E-state index contributed by atoms with van der Waals surface area (Å²) in [6, 6.07) is 10.0. The van der Waals surface area contributed by atoms with Crippen LogP contribution in [0.2, 0.25) is 0 Å². The topological polar surface area (TPSA) is 99.9 Å². The van der Waals surface area contributed by atoms with Crippen molar-refractivity contribution in [3.63, 3.8) is 0 Å². The van der Waals surface area contributed by atoms with Gasteiger partial charge in [0.2, 0.25) is 0 Å². The number of hydrogen-bond donors (Lipinski definition) is 3. The first-order valence-electron chi connectivity index (χ1n) is 11.3. The van der Waals surface area contributed by atoms with Crippen molar-refractivity contribution >= 4 is 11.8 Å². The number of aliphatic hydroxyl groups excluding tert-OH is 1. The van der Waals surface area contributed by atoms with Crippen LogP contribution >= 0.6 is 0 Å². The zero-order valence-corrected chi connectivity index (χ0v) is 19.7. The molecule has 0 radical (unpaired) electrons. The SMILES string of the molecule is C[C@H](NC(O)c1c(C(F)(F)F)nn2c1N(Cc1cccc(OC(F)(F)F)c1)CC2)c1ccc(C(=O)O)cc1. The maximum absolute atomic E-state index is 13.9. The molecule has 14 heteroatoms. The van der Waals surface area contributed by atoms with Gasteiger partial charge in [-0.25, -0.2) is 9.48 Å². The van der Waals surface area contributed by atoms with Crippen LogP contribution in [0.15, 0.2) is 48.5 Å². The summed E-state index contributed by atoms with van der Waals surface area (Å²) in [5.74, 6) is -1.63. The van der Waals surface area contributed by atoms with Gasteiger partial charge < -0.3 is 19.8 Å². The Balaban J connectivity index is 1.62. The fourth-order valence-corrected chi connectivity index (χ4v) is 4.28. The predicted octanol–water partition coefficient (Wildman–Crippen LogP) is 4.86. The van der Waals surface area contributed by atoms with Crippen molar-refractivity contribution < 1.29 is 46.1 Å². The van der Waals surface area contributed by atoms with Crippen molar-refractivity contribution in [1.82, 2.24) is 15.1 Å². The first-order chi connectivity index (χ1) is 17.7. The molecule has 204 valence electrons. The molecule has 3 aromatic rings. The lowest BCUT2D eigenvalue weighted by molar-refractivity contribution is -0.274. The van der Waals surface area contributed by atoms with Crippen LogP contribution in [0.25, 0.3) is 0 Å². The molecule has 2 atom stereocenters. The first-order valence-corrected chi connectivity index (χ1v) is 11.3. The van der Waals surface area contributed by atoms with E-state index in [2.05, 4.69) is 15.2 Å². The Kier molecular flexibility index (Phi) is 7.30. The average Bonchev–Trinajstić information content (AvgIpc) is 3.38. The summed E-state index contributed by atoms with van der Waals surface area (Å²) in [6.07, 6.45) is -11.6. The Morgan fingerprint density at radius 2 is 1.79 bits per heavy atom. The third-order valence-corrected chi connectivity index (χ3v) is 5.96. The molecule has 1 aliphatic heterocycles. The molecule has 0 bridgehead atoms. The minimum atomic E-state index is -4.90. The second-order valence-corrected chi connectivity index (χ2v) is 8.64. The second kappa shape index (κ2) is 10.2. The van der Waals surface area contributed by atoms with Crippen LogP contribution < -0.4 is 15.0 Å². The highest BCUT2D eigenvalue weighted by molar-refractivity contribution is 5.87. The van der Waals surface area contributed by atoms with Gasteiger partial charge in [0.25, 0.3) is 0 Å². The molecule has 1 aliphatic rings. The summed E-state index contributed by atoms with van der Waals surface area (Å²) >= 11 is 0. The molecule has 0 amide bonds. The zero-order chi connectivity index (χ0) is 27.8. The van der Waals surface area contributed by atoms with E-state index in [1.54, 1.807) is 6.92 Å². The minimum Gasteiger partial charge on any atom is -0.478 e. The molecule has 4 rings (SSSR count). The van der Waals surface area contributed by atoms with E-state index in [1.807, 2.05) is 0 Å². The quantitative estimate of drug-likeness (QED) is 0.275. The fraction of sp³-hybridized carbons (Fsp3) is 0.333. The number of nitrogens with one attached hydrogen (secondary N) is 1. The Bertz CT molecular complexity index is 1310. The molecule has 0 saturated heterocycles.